The van der Waals surface area contributed by atoms with Gasteiger partial charge >= 0.3 is 5.97 Å². The summed E-state index contributed by atoms with van der Waals surface area (Å²) in [5.74, 6) is -0.668. The van der Waals surface area contributed by atoms with Crippen molar-refractivity contribution in [2.45, 2.75) is 12.8 Å². The van der Waals surface area contributed by atoms with Gasteiger partial charge in [-0.15, -0.1) is 0 Å². The minimum atomic E-state index is -2.76. The lowest BCUT2D eigenvalue weighted by atomic mass is 10.1. The van der Waals surface area contributed by atoms with Gasteiger partial charge in [0.05, 0.1) is 19.1 Å². The molecule has 0 amide bonds. The summed E-state index contributed by atoms with van der Waals surface area (Å²) in [7, 11) is 1.18. The van der Waals surface area contributed by atoms with Crippen molar-refractivity contribution in [3.8, 4) is 0 Å². The van der Waals surface area contributed by atoms with Gasteiger partial charge in [-0.1, -0.05) is 0 Å². The Kier molecular flexibility index (Phi) is 3.60. The van der Waals surface area contributed by atoms with Crippen molar-refractivity contribution in [2.75, 3.05) is 18.6 Å². The quantitative estimate of drug-likeness (QED) is 0.754. The molecule has 1 rings (SSSR count). The van der Waals surface area contributed by atoms with Crippen LogP contribution in [0, 0.1) is 0 Å². The van der Waals surface area contributed by atoms with Crippen LogP contribution < -0.4 is 11.5 Å². The Balaban J connectivity index is 3.16. The highest BCUT2D eigenvalue weighted by Gasteiger charge is 2.19. The summed E-state index contributed by atoms with van der Waals surface area (Å²) in [4.78, 5) is 14.6. The maximum Gasteiger partial charge on any atom is 0.310 e. The molecule has 0 spiro atoms. The lowest BCUT2D eigenvalue weighted by Crippen LogP contribution is -2.12. The minimum absolute atomic E-state index is 0.0488. The molecule has 4 N–H and O–H groups in total. The average Bonchev–Trinajstić information content (AvgIpc) is 2.23. The van der Waals surface area contributed by atoms with Crippen molar-refractivity contribution in [1.82, 2.24) is 4.98 Å². The third-order valence-corrected chi connectivity index (χ3v) is 2.07. The number of aromatic nitrogens is 1. The molecule has 88 valence electrons. The molecule has 0 unspecified atom stereocenters. The first-order chi connectivity index (χ1) is 7.47. The number of ether oxygens (including phenoxy) is 1. The van der Waals surface area contributed by atoms with Gasteiger partial charge in [-0.25, -0.2) is 13.8 Å². The molecule has 1 aromatic rings. The second kappa shape index (κ2) is 4.73. The van der Waals surface area contributed by atoms with E-state index < -0.39 is 18.0 Å². The molecule has 0 aliphatic rings. The number of rotatable bonds is 3. The highest BCUT2D eigenvalue weighted by molar-refractivity contribution is 5.78. The lowest BCUT2D eigenvalue weighted by molar-refractivity contribution is -0.139. The number of halogens is 2. The van der Waals surface area contributed by atoms with E-state index in [0.717, 1.165) is 6.20 Å². The molecule has 0 aliphatic carbocycles. The van der Waals surface area contributed by atoms with E-state index in [9.17, 15) is 13.6 Å². The van der Waals surface area contributed by atoms with Gasteiger partial charge in [-0.3, -0.25) is 4.79 Å². The Morgan fingerprint density at radius 3 is 2.69 bits per heavy atom. The number of hydrogen-bond donors (Lipinski definition) is 2. The molecule has 7 heteroatoms. The van der Waals surface area contributed by atoms with E-state index in [-0.39, 0.29) is 23.5 Å². The second-order valence-corrected chi connectivity index (χ2v) is 3.04. The van der Waals surface area contributed by atoms with E-state index in [1.165, 1.54) is 7.11 Å². The Labute approximate surface area is 90.4 Å². The van der Waals surface area contributed by atoms with Crippen LogP contribution in [0.25, 0.3) is 0 Å². The number of carbonyl (C=O) groups is 1. The van der Waals surface area contributed by atoms with Crippen molar-refractivity contribution in [2.24, 2.45) is 0 Å². The van der Waals surface area contributed by atoms with E-state index in [1.54, 1.807) is 0 Å². The molecule has 5 nitrogen and oxygen atoms in total. The highest BCUT2D eigenvalue weighted by Crippen LogP contribution is 2.29. The molecule has 16 heavy (non-hydrogen) atoms. The van der Waals surface area contributed by atoms with Crippen LogP contribution in [0.2, 0.25) is 0 Å². The summed E-state index contributed by atoms with van der Waals surface area (Å²) < 4.78 is 29.4. The predicted octanol–water partition coefficient (Wildman–Crippen LogP) is 0.899. The molecular formula is C9H11F2N3O2. The number of anilines is 2. The molecule has 0 aliphatic heterocycles. The third-order valence-electron chi connectivity index (χ3n) is 2.07. The minimum Gasteiger partial charge on any atom is -0.469 e. The van der Waals surface area contributed by atoms with E-state index in [4.69, 9.17) is 11.5 Å². The Morgan fingerprint density at radius 2 is 2.19 bits per heavy atom. The molecule has 0 saturated carbocycles. The first kappa shape index (κ1) is 12.2. The van der Waals surface area contributed by atoms with Gasteiger partial charge in [0.15, 0.2) is 0 Å². The fraction of sp³-hybridized carbons (Fsp3) is 0.333. The molecule has 0 radical (unpaired) electrons. The fourth-order valence-corrected chi connectivity index (χ4v) is 1.17. The highest BCUT2D eigenvalue weighted by atomic mass is 19.3. The number of hydrogen-bond acceptors (Lipinski definition) is 5. The van der Waals surface area contributed by atoms with Crippen LogP contribution >= 0.6 is 0 Å². The number of alkyl halides is 2. The Morgan fingerprint density at radius 1 is 1.56 bits per heavy atom. The summed E-state index contributed by atoms with van der Waals surface area (Å²) >= 11 is 0. The van der Waals surface area contributed by atoms with Crippen LogP contribution in [0.4, 0.5) is 20.3 Å². The molecule has 1 heterocycles. The van der Waals surface area contributed by atoms with E-state index >= 15 is 0 Å². The zero-order valence-electron chi connectivity index (χ0n) is 8.54. The van der Waals surface area contributed by atoms with Crippen molar-refractivity contribution in [3.05, 3.63) is 17.3 Å². The maximum atomic E-state index is 12.5. The average molecular weight is 231 g/mol. The van der Waals surface area contributed by atoms with E-state index in [1.807, 2.05) is 0 Å². The number of carbonyl (C=O) groups excluding carboxylic acids is 1. The molecule has 0 aromatic carbocycles. The van der Waals surface area contributed by atoms with Gasteiger partial charge in [0.2, 0.25) is 0 Å². The van der Waals surface area contributed by atoms with Gasteiger partial charge in [-0.2, -0.15) is 0 Å². The van der Waals surface area contributed by atoms with Gasteiger partial charge in [0, 0.05) is 17.4 Å². The zero-order valence-corrected chi connectivity index (χ0v) is 8.54. The molecular weight excluding hydrogens is 220 g/mol. The molecule has 0 atom stereocenters. The van der Waals surface area contributed by atoms with Crippen LogP contribution in [0.5, 0.6) is 0 Å². The SMILES string of the molecule is COC(=O)Cc1c(N)ncc(C(F)F)c1N. The van der Waals surface area contributed by atoms with Crippen LogP contribution in [0.15, 0.2) is 6.20 Å². The Hall–Kier alpha value is -1.92. The van der Waals surface area contributed by atoms with Crippen LogP contribution in [0.1, 0.15) is 17.6 Å². The Bertz CT molecular complexity index is 410. The van der Waals surface area contributed by atoms with Gasteiger partial charge in [-0.05, 0) is 0 Å². The normalized spacial score (nSPS) is 10.5. The smallest absolute Gasteiger partial charge is 0.310 e. The summed E-state index contributed by atoms with van der Waals surface area (Å²) in [5, 5.41) is 0. The molecule has 0 fully saturated rings. The van der Waals surface area contributed by atoms with Crippen LogP contribution in [0.3, 0.4) is 0 Å². The third kappa shape index (κ3) is 2.36. The van der Waals surface area contributed by atoms with E-state index in [2.05, 4.69) is 9.72 Å². The van der Waals surface area contributed by atoms with Crippen LogP contribution in [-0.4, -0.2) is 18.1 Å². The largest absolute Gasteiger partial charge is 0.469 e. The number of nitrogens with two attached hydrogens (primary N) is 2. The van der Waals surface area contributed by atoms with E-state index in [0.29, 0.717) is 0 Å². The maximum absolute atomic E-state index is 12.5. The number of nitrogens with zero attached hydrogens (tertiary/aromatic N) is 1. The van der Waals surface area contributed by atoms with Crippen molar-refractivity contribution in [1.29, 1.82) is 0 Å². The number of methoxy groups -OCH3 is 1. The summed E-state index contributed by atoms with van der Waals surface area (Å²) in [5.41, 5.74) is 10.4. The predicted molar refractivity (Wildman–Crippen MR) is 53.7 cm³/mol. The lowest BCUT2D eigenvalue weighted by Gasteiger charge is -2.11. The number of pyridine rings is 1. The topological polar surface area (TPSA) is 91.2 Å². The first-order valence-corrected chi connectivity index (χ1v) is 4.35. The summed E-state index contributed by atoms with van der Waals surface area (Å²) in [6.07, 6.45) is -2.14. The second-order valence-electron chi connectivity index (χ2n) is 3.04. The number of esters is 1. The standard InChI is InChI=1S/C9H11F2N3O2/c1-16-6(15)2-4-7(12)5(8(10)11)3-14-9(4)13/h3,8H,2H2,1H3,(H4,12,13,14). The zero-order chi connectivity index (χ0) is 12.3. The summed E-state index contributed by atoms with van der Waals surface area (Å²) in [6.45, 7) is 0. The van der Waals surface area contributed by atoms with Crippen molar-refractivity contribution >= 4 is 17.5 Å². The summed E-state index contributed by atoms with van der Waals surface area (Å²) in [6, 6.07) is 0. The molecule has 0 saturated heterocycles. The molecule has 1 aromatic heterocycles. The van der Waals surface area contributed by atoms with Crippen molar-refractivity contribution < 1.29 is 18.3 Å². The molecule has 0 bridgehead atoms. The van der Waals surface area contributed by atoms with Crippen LogP contribution in [-0.2, 0) is 16.0 Å². The van der Waals surface area contributed by atoms with Gasteiger partial charge in [0.25, 0.3) is 6.43 Å². The van der Waals surface area contributed by atoms with Gasteiger partial charge < -0.3 is 16.2 Å². The first-order valence-electron chi connectivity index (χ1n) is 4.35. The number of nitrogen functional groups attached to an aromatic ring is 2. The fourth-order valence-electron chi connectivity index (χ4n) is 1.17. The van der Waals surface area contributed by atoms with Gasteiger partial charge in [0.1, 0.15) is 5.82 Å². The van der Waals surface area contributed by atoms with Crippen molar-refractivity contribution in [3.63, 3.8) is 0 Å². The monoisotopic (exact) mass is 231 g/mol.